The average molecular weight is 349 g/mol. The normalized spacial score (nSPS) is 19.7. The van der Waals surface area contributed by atoms with Crippen LogP contribution in [0.4, 0.5) is 0 Å². The molecule has 3 rings (SSSR count). The van der Waals surface area contributed by atoms with Gasteiger partial charge in [-0.15, -0.1) is 0 Å². The molecule has 0 aromatic heterocycles. The maximum absolute atomic E-state index is 12.6. The molecule has 0 radical (unpaired) electrons. The summed E-state index contributed by atoms with van der Waals surface area (Å²) in [4.78, 5) is 29.3. The van der Waals surface area contributed by atoms with Crippen LogP contribution >= 0.6 is 0 Å². The molecule has 1 fully saturated rings. The van der Waals surface area contributed by atoms with E-state index in [9.17, 15) is 9.59 Å². The van der Waals surface area contributed by atoms with Crippen LogP contribution in [-0.4, -0.2) is 30.6 Å². The van der Waals surface area contributed by atoms with Gasteiger partial charge in [-0.1, -0.05) is 60.7 Å². The average Bonchev–Trinajstić information content (AvgIpc) is 2.69. The number of carbonyl (C=O) groups is 2. The van der Waals surface area contributed by atoms with E-state index in [0.717, 1.165) is 29.7 Å². The Kier molecular flexibility index (Phi) is 5.95. The Bertz CT molecular complexity index is 742. The zero-order chi connectivity index (χ0) is 18.4. The van der Waals surface area contributed by atoms with Gasteiger partial charge in [-0.3, -0.25) is 14.6 Å². The van der Waals surface area contributed by atoms with Gasteiger partial charge in [-0.2, -0.15) is 0 Å². The van der Waals surface area contributed by atoms with Crippen LogP contribution < -0.4 is 0 Å². The number of esters is 1. The quantitative estimate of drug-likeness (QED) is 0.609. The molecule has 2 atom stereocenters. The number of ether oxygens (including phenoxy) is 1. The van der Waals surface area contributed by atoms with Crippen molar-refractivity contribution in [2.75, 3.05) is 7.11 Å². The van der Waals surface area contributed by atoms with Crippen LogP contribution in [0, 0.1) is 5.92 Å². The molecule has 4 heteroatoms. The maximum Gasteiger partial charge on any atom is 0.305 e. The van der Waals surface area contributed by atoms with Crippen LogP contribution in [0.25, 0.3) is 0 Å². The number of methoxy groups -OCH3 is 1. The third kappa shape index (κ3) is 4.26. The molecule has 4 nitrogen and oxygen atoms in total. The topological polar surface area (TPSA) is 55.7 Å². The van der Waals surface area contributed by atoms with Crippen molar-refractivity contribution in [2.24, 2.45) is 10.9 Å². The highest BCUT2D eigenvalue weighted by Crippen LogP contribution is 2.29. The molecule has 0 saturated heterocycles. The number of hydrogen-bond acceptors (Lipinski definition) is 4. The Balaban J connectivity index is 2.01. The minimum Gasteiger partial charge on any atom is -0.469 e. The lowest BCUT2D eigenvalue weighted by molar-refractivity contribution is -0.142. The lowest BCUT2D eigenvalue weighted by atomic mass is 9.81. The first kappa shape index (κ1) is 18.1. The number of nitrogens with zero attached hydrogens (tertiary/aromatic N) is 1. The summed E-state index contributed by atoms with van der Waals surface area (Å²) in [6.07, 6.45) is 2.36. The Morgan fingerprint density at radius 2 is 1.62 bits per heavy atom. The largest absolute Gasteiger partial charge is 0.469 e. The molecule has 0 N–H and O–H groups in total. The molecule has 2 unspecified atom stereocenters. The number of carbonyl (C=O) groups excluding carboxylic acids is 2. The second kappa shape index (κ2) is 8.56. The Morgan fingerprint density at radius 3 is 2.15 bits per heavy atom. The Labute approximate surface area is 153 Å². The highest BCUT2D eigenvalue weighted by molar-refractivity contribution is 6.13. The van der Waals surface area contributed by atoms with E-state index in [0.29, 0.717) is 6.42 Å². The van der Waals surface area contributed by atoms with Crippen LogP contribution in [0.2, 0.25) is 0 Å². The lowest BCUT2D eigenvalue weighted by Gasteiger charge is -2.27. The van der Waals surface area contributed by atoms with Gasteiger partial charge in [0.15, 0.2) is 5.78 Å². The van der Waals surface area contributed by atoms with Crippen molar-refractivity contribution in [3.05, 3.63) is 71.8 Å². The molecular formula is C22H23NO3. The van der Waals surface area contributed by atoms with Crippen molar-refractivity contribution < 1.29 is 14.3 Å². The number of benzene rings is 2. The van der Waals surface area contributed by atoms with E-state index in [1.54, 1.807) is 0 Å². The van der Waals surface area contributed by atoms with E-state index < -0.39 is 6.04 Å². The van der Waals surface area contributed by atoms with Gasteiger partial charge in [0.2, 0.25) is 0 Å². The standard InChI is InChI=1S/C22H23NO3/c1-26-20(25)15-18-13-8-14-19(24)22(18)23-21(16-9-4-2-5-10-16)17-11-6-3-7-12-17/h2-7,9-12,18,22H,8,13-15H2,1H3. The Morgan fingerprint density at radius 1 is 1.04 bits per heavy atom. The zero-order valence-corrected chi connectivity index (χ0v) is 14.9. The van der Waals surface area contributed by atoms with Crippen molar-refractivity contribution in [1.82, 2.24) is 0 Å². The monoisotopic (exact) mass is 349 g/mol. The highest BCUT2D eigenvalue weighted by Gasteiger charge is 2.33. The summed E-state index contributed by atoms with van der Waals surface area (Å²) in [6, 6.07) is 19.2. The second-order valence-corrected chi connectivity index (χ2v) is 6.55. The third-order valence-electron chi connectivity index (χ3n) is 4.79. The third-order valence-corrected chi connectivity index (χ3v) is 4.79. The zero-order valence-electron chi connectivity index (χ0n) is 14.9. The van der Waals surface area contributed by atoms with Gasteiger partial charge < -0.3 is 4.74 Å². The summed E-state index contributed by atoms with van der Waals surface area (Å²) in [5.41, 5.74) is 2.73. The molecule has 1 aliphatic carbocycles. The van der Waals surface area contributed by atoms with Crippen molar-refractivity contribution >= 4 is 17.5 Å². The van der Waals surface area contributed by atoms with Crippen molar-refractivity contribution in [2.45, 2.75) is 31.7 Å². The molecule has 0 aliphatic heterocycles. The molecular weight excluding hydrogens is 326 g/mol. The van der Waals surface area contributed by atoms with Crippen LogP contribution in [-0.2, 0) is 14.3 Å². The number of hydrogen-bond donors (Lipinski definition) is 0. The smallest absolute Gasteiger partial charge is 0.305 e. The van der Waals surface area contributed by atoms with Crippen LogP contribution in [0.15, 0.2) is 65.7 Å². The highest BCUT2D eigenvalue weighted by atomic mass is 16.5. The first-order chi connectivity index (χ1) is 12.7. The van der Waals surface area contributed by atoms with Gasteiger partial charge in [-0.25, -0.2) is 0 Å². The second-order valence-electron chi connectivity index (χ2n) is 6.55. The molecule has 2 aromatic rings. The fourth-order valence-electron chi connectivity index (χ4n) is 3.44. The summed E-state index contributed by atoms with van der Waals surface area (Å²) in [5.74, 6) is -0.286. The van der Waals surface area contributed by atoms with E-state index in [2.05, 4.69) is 0 Å². The van der Waals surface area contributed by atoms with E-state index in [1.807, 2.05) is 60.7 Å². The summed E-state index contributed by atoms with van der Waals surface area (Å²) < 4.78 is 4.81. The fraction of sp³-hybridized carbons (Fsp3) is 0.318. The van der Waals surface area contributed by atoms with Crippen LogP contribution in [0.3, 0.4) is 0 Å². The molecule has 0 bridgehead atoms. The van der Waals surface area contributed by atoms with Crippen molar-refractivity contribution in [3.8, 4) is 0 Å². The van der Waals surface area contributed by atoms with Gasteiger partial charge in [-0.05, 0) is 18.8 Å². The van der Waals surface area contributed by atoms with Gasteiger partial charge in [0.25, 0.3) is 0 Å². The molecule has 26 heavy (non-hydrogen) atoms. The van der Waals surface area contributed by atoms with Crippen molar-refractivity contribution in [1.29, 1.82) is 0 Å². The van der Waals surface area contributed by atoms with E-state index in [1.165, 1.54) is 7.11 Å². The first-order valence-corrected chi connectivity index (χ1v) is 8.97. The van der Waals surface area contributed by atoms with Crippen LogP contribution in [0.1, 0.15) is 36.8 Å². The van der Waals surface area contributed by atoms with Gasteiger partial charge in [0.1, 0.15) is 6.04 Å². The lowest BCUT2D eigenvalue weighted by Crippen LogP contribution is -2.35. The molecule has 0 amide bonds. The number of Topliss-reactive ketones (excluding diaryl/α,β-unsaturated/α-hetero) is 1. The predicted octanol–water partition coefficient (Wildman–Crippen LogP) is 3.82. The summed E-state index contributed by atoms with van der Waals surface area (Å²) >= 11 is 0. The molecule has 0 heterocycles. The first-order valence-electron chi connectivity index (χ1n) is 8.97. The van der Waals surface area contributed by atoms with Gasteiger partial charge >= 0.3 is 5.97 Å². The van der Waals surface area contributed by atoms with E-state index in [4.69, 9.17) is 9.73 Å². The minimum absolute atomic E-state index is 0.105. The predicted molar refractivity (Wildman–Crippen MR) is 101 cm³/mol. The molecule has 1 saturated carbocycles. The summed E-state index contributed by atoms with van der Waals surface area (Å²) in [5, 5.41) is 0. The van der Waals surface area contributed by atoms with Crippen LogP contribution in [0.5, 0.6) is 0 Å². The molecule has 2 aromatic carbocycles. The maximum atomic E-state index is 12.6. The fourth-order valence-corrected chi connectivity index (χ4v) is 3.44. The molecule has 134 valence electrons. The molecule has 1 aliphatic rings. The summed E-state index contributed by atoms with van der Waals surface area (Å²) in [7, 11) is 1.38. The number of rotatable bonds is 5. The Hall–Kier alpha value is -2.75. The van der Waals surface area contributed by atoms with E-state index >= 15 is 0 Å². The van der Waals surface area contributed by atoms with Gasteiger partial charge in [0, 0.05) is 17.5 Å². The SMILES string of the molecule is COC(=O)CC1CCCC(=O)C1N=C(c1ccccc1)c1ccccc1. The number of ketones is 1. The number of aliphatic imine (C=N–C) groups is 1. The summed E-state index contributed by atoms with van der Waals surface area (Å²) in [6.45, 7) is 0. The van der Waals surface area contributed by atoms with Gasteiger partial charge in [0.05, 0.1) is 19.2 Å². The minimum atomic E-state index is -0.502. The van der Waals surface area contributed by atoms with Crippen molar-refractivity contribution in [3.63, 3.8) is 0 Å². The van der Waals surface area contributed by atoms with E-state index in [-0.39, 0.29) is 24.1 Å². The molecule has 0 spiro atoms.